The van der Waals surface area contributed by atoms with Crippen LogP contribution >= 0.6 is 0 Å². The molecule has 0 fully saturated rings. The van der Waals surface area contributed by atoms with Crippen molar-refractivity contribution in [1.82, 2.24) is 30.4 Å². The molecule has 7 heteroatoms. The van der Waals surface area contributed by atoms with Crippen molar-refractivity contribution in [3.05, 3.63) is 193 Å². The van der Waals surface area contributed by atoms with Gasteiger partial charge in [0.2, 0.25) is 0 Å². The van der Waals surface area contributed by atoms with Crippen molar-refractivity contribution in [2.75, 3.05) is 13.1 Å². The van der Waals surface area contributed by atoms with Gasteiger partial charge in [0, 0.05) is 63.4 Å². The summed E-state index contributed by atoms with van der Waals surface area (Å²) in [4.78, 5) is 5.18. The highest BCUT2D eigenvalue weighted by atomic mass is 15.3. The number of hydrogen-bond donors (Lipinski definition) is 4. The summed E-state index contributed by atoms with van der Waals surface area (Å²) in [5.74, 6) is 0.902. The maximum atomic E-state index is 5.18. The summed E-state index contributed by atoms with van der Waals surface area (Å²) >= 11 is 0. The van der Waals surface area contributed by atoms with Crippen LogP contribution in [0.1, 0.15) is 11.7 Å². The van der Waals surface area contributed by atoms with Crippen molar-refractivity contribution in [2.45, 2.75) is 12.3 Å². The topological polar surface area (TPSA) is 70.3 Å². The van der Waals surface area contributed by atoms with Crippen LogP contribution < -0.4 is 21.3 Å². The molecule has 7 nitrogen and oxygen atoms in total. The van der Waals surface area contributed by atoms with E-state index in [9.17, 15) is 0 Å². The molecule has 0 radical (unpaired) electrons. The molecule has 0 amide bonds. The molecule has 2 unspecified atom stereocenters. The molecule has 5 heterocycles. The number of para-hydroxylation sites is 3. The first kappa shape index (κ1) is 32.3. The third-order valence-electron chi connectivity index (χ3n) is 11.3. The van der Waals surface area contributed by atoms with Crippen LogP contribution in [0, 0.1) is 0 Å². The van der Waals surface area contributed by atoms with E-state index >= 15 is 0 Å². The van der Waals surface area contributed by atoms with Gasteiger partial charge in [-0.05, 0) is 89.6 Å². The van der Waals surface area contributed by atoms with Gasteiger partial charge in [0.05, 0.1) is 22.1 Å². The highest BCUT2D eigenvalue weighted by Crippen LogP contribution is 2.38. The highest BCUT2D eigenvalue weighted by Gasteiger charge is 2.27. The number of allylic oxidation sites excluding steroid dienone is 2. The van der Waals surface area contributed by atoms with Gasteiger partial charge in [-0.1, -0.05) is 97.1 Å². The Morgan fingerprint density at radius 1 is 0.589 bits per heavy atom. The molecule has 0 aliphatic carbocycles. The summed E-state index contributed by atoms with van der Waals surface area (Å²) in [6.07, 6.45) is 12.2. The fourth-order valence-corrected chi connectivity index (χ4v) is 8.60. The Bertz CT molecular complexity index is 2980. The zero-order chi connectivity index (χ0) is 37.0. The zero-order valence-corrected chi connectivity index (χ0v) is 30.7. The van der Waals surface area contributed by atoms with E-state index in [1.54, 1.807) is 0 Å². The Kier molecular flexibility index (Phi) is 7.70. The summed E-state index contributed by atoms with van der Waals surface area (Å²) in [5.41, 5.74) is 12.9. The maximum Gasteiger partial charge on any atom is 0.129 e. The van der Waals surface area contributed by atoms with Gasteiger partial charge in [0.1, 0.15) is 18.2 Å². The molecule has 3 aliphatic rings. The fraction of sp³-hybridized carbons (Fsp3) is 0.0816. The lowest BCUT2D eigenvalue weighted by molar-refractivity contribution is 0.439. The predicted molar refractivity (Wildman–Crippen MR) is 231 cm³/mol. The summed E-state index contributed by atoms with van der Waals surface area (Å²) in [7, 11) is 0. The molecule has 270 valence electrons. The van der Waals surface area contributed by atoms with Crippen LogP contribution in [-0.2, 0) is 0 Å². The first-order valence-electron chi connectivity index (χ1n) is 19.3. The number of nitrogens with zero attached hydrogens (tertiary/aromatic N) is 3. The summed E-state index contributed by atoms with van der Waals surface area (Å²) in [6.45, 7) is 1.57. The molecule has 8 aromatic rings. The lowest BCUT2D eigenvalue weighted by atomic mass is 10.0. The van der Waals surface area contributed by atoms with Crippen molar-refractivity contribution in [3.8, 4) is 22.5 Å². The number of aromatic nitrogens is 2. The molecule has 0 saturated heterocycles. The molecule has 4 N–H and O–H groups in total. The van der Waals surface area contributed by atoms with Gasteiger partial charge in [0.25, 0.3) is 0 Å². The van der Waals surface area contributed by atoms with E-state index in [-0.39, 0.29) is 12.3 Å². The van der Waals surface area contributed by atoms with Gasteiger partial charge in [-0.25, -0.2) is 4.99 Å². The van der Waals surface area contributed by atoms with E-state index in [0.717, 1.165) is 41.3 Å². The summed E-state index contributed by atoms with van der Waals surface area (Å²) < 4.78 is 4.75. The van der Waals surface area contributed by atoms with E-state index in [0.29, 0.717) is 0 Å². The second kappa shape index (κ2) is 13.3. The number of dihydropyridines is 2. The minimum atomic E-state index is -0.215. The lowest BCUT2D eigenvalue weighted by Gasteiger charge is -2.34. The van der Waals surface area contributed by atoms with Crippen LogP contribution in [0.5, 0.6) is 0 Å². The van der Waals surface area contributed by atoms with E-state index in [1.807, 2.05) is 12.3 Å². The normalized spacial score (nSPS) is 18.0. The molecule has 2 atom stereocenters. The van der Waals surface area contributed by atoms with E-state index in [4.69, 9.17) is 4.99 Å². The molecule has 3 aliphatic heterocycles. The van der Waals surface area contributed by atoms with E-state index in [2.05, 4.69) is 194 Å². The second-order valence-corrected chi connectivity index (χ2v) is 14.6. The molecule has 11 rings (SSSR count). The van der Waals surface area contributed by atoms with Crippen molar-refractivity contribution in [3.63, 3.8) is 0 Å². The van der Waals surface area contributed by atoms with Crippen LogP contribution in [0.3, 0.4) is 0 Å². The summed E-state index contributed by atoms with van der Waals surface area (Å²) in [6, 6.07) is 50.8. The Morgan fingerprint density at radius 3 is 1.84 bits per heavy atom. The van der Waals surface area contributed by atoms with Crippen LogP contribution in [0.4, 0.5) is 0 Å². The number of rotatable bonds is 6. The average molecular weight is 726 g/mol. The van der Waals surface area contributed by atoms with E-state index < -0.39 is 0 Å². The number of hydrogen-bond acceptors (Lipinski definition) is 5. The van der Waals surface area contributed by atoms with Crippen molar-refractivity contribution >= 4 is 49.4 Å². The molecule has 0 spiro atoms. The standard InChI is InChI=1S/C49H39N7/c1-2-12-37(13-3-1)55-43-16-6-4-14-39(43)41-28-33(20-24-45(41)55)34-21-25-46-42(29-34)40-15-5-7-17-44(40)56(46)38-22-18-32(19-23-38)47-52-48(35-10-8-26-50-30-35)54-49(53-47)36-11-9-27-51-31-36/h1-26,28-29,31,47,49-51,53H,27,30H2,(H,52,54). The third kappa shape index (κ3) is 5.43. The molecular formula is C49H39N7. The number of amidine groups is 1. The molecular weight excluding hydrogens is 687 g/mol. The fourth-order valence-electron chi connectivity index (χ4n) is 8.60. The Labute approximate surface area is 324 Å². The highest BCUT2D eigenvalue weighted by molar-refractivity contribution is 6.12. The smallest absolute Gasteiger partial charge is 0.129 e. The van der Waals surface area contributed by atoms with Gasteiger partial charge in [-0.15, -0.1) is 0 Å². The maximum absolute atomic E-state index is 5.18. The monoisotopic (exact) mass is 725 g/mol. The van der Waals surface area contributed by atoms with Crippen LogP contribution in [-0.4, -0.2) is 34.2 Å². The van der Waals surface area contributed by atoms with Crippen molar-refractivity contribution in [1.29, 1.82) is 0 Å². The molecule has 56 heavy (non-hydrogen) atoms. The van der Waals surface area contributed by atoms with Gasteiger partial charge in [-0.3, -0.25) is 5.32 Å². The van der Waals surface area contributed by atoms with Gasteiger partial charge in [-0.2, -0.15) is 0 Å². The summed E-state index contributed by atoms with van der Waals surface area (Å²) in [5, 5.41) is 19.0. The quantitative estimate of drug-likeness (QED) is 0.138. The predicted octanol–water partition coefficient (Wildman–Crippen LogP) is 9.55. The first-order chi connectivity index (χ1) is 27.8. The molecule has 0 saturated carbocycles. The molecule has 6 aromatic carbocycles. The SMILES string of the molecule is C1=CNCC(C2=NC(c3ccc(-n4c5ccccc5c5cc(-c6ccc7c(c6)c6ccccc6n7-c6ccccc6)ccc54)cc3)NC(C3=CNCC=C3)N2)=C1. The average Bonchev–Trinajstić information content (AvgIpc) is 3.79. The van der Waals surface area contributed by atoms with Crippen molar-refractivity contribution in [2.24, 2.45) is 4.99 Å². The zero-order valence-electron chi connectivity index (χ0n) is 30.7. The lowest BCUT2D eigenvalue weighted by Crippen LogP contribution is -2.53. The Morgan fingerprint density at radius 2 is 1.21 bits per heavy atom. The van der Waals surface area contributed by atoms with Crippen molar-refractivity contribution < 1.29 is 0 Å². The van der Waals surface area contributed by atoms with Gasteiger partial charge >= 0.3 is 0 Å². The third-order valence-corrected chi connectivity index (χ3v) is 11.3. The minimum absolute atomic E-state index is 0.0854. The molecule has 2 aromatic heterocycles. The van der Waals surface area contributed by atoms with E-state index in [1.165, 1.54) is 60.4 Å². The number of aliphatic imine (C=N–C) groups is 1. The Hall–Kier alpha value is -7.09. The number of fused-ring (bicyclic) bond motifs is 6. The largest absolute Gasteiger partial charge is 0.387 e. The first-order valence-corrected chi connectivity index (χ1v) is 19.3. The number of benzene rings is 6. The van der Waals surface area contributed by atoms with Crippen LogP contribution in [0.15, 0.2) is 192 Å². The van der Waals surface area contributed by atoms with Gasteiger partial charge < -0.3 is 25.1 Å². The Balaban J connectivity index is 0.973. The van der Waals surface area contributed by atoms with Gasteiger partial charge in [0.15, 0.2) is 0 Å². The van der Waals surface area contributed by atoms with Crippen LogP contribution in [0.2, 0.25) is 0 Å². The second-order valence-electron chi connectivity index (χ2n) is 14.6. The minimum Gasteiger partial charge on any atom is -0.387 e. The molecule has 0 bridgehead atoms. The number of nitrogens with one attached hydrogen (secondary N) is 4. The van der Waals surface area contributed by atoms with Crippen LogP contribution in [0.25, 0.3) is 66.1 Å².